The van der Waals surface area contributed by atoms with Gasteiger partial charge in [-0.3, -0.25) is 4.98 Å². The number of nitrogens with zero attached hydrogens (tertiary/aromatic N) is 3. The van der Waals surface area contributed by atoms with Gasteiger partial charge < -0.3 is 14.7 Å². The van der Waals surface area contributed by atoms with Gasteiger partial charge in [-0.2, -0.15) is 4.98 Å². The molecule has 1 saturated heterocycles. The first-order valence-electron chi connectivity index (χ1n) is 8.68. The van der Waals surface area contributed by atoms with E-state index < -0.39 is 0 Å². The molecular formula is C17H25N3O2. The number of aliphatic hydroxyl groups excluding tert-OH is 1. The predicted molar refractivity (Wildman–Crippen MR) is 83.9 cm³/mol. The van der Waals surface area contributed by atoms with E-state index >= 15 is 0 Å². The predicted octanol–water partition coefficient (Wildman–Crippen LogP) is 2.25. The van der Waals surface area contributed by atoms with Crippen LogP contribution in [0.3, 0.4) is 0 Å². The number of ether oxygens (including phenoxy) is 1. The molecule has 2 saturated carbocycles. The maximum absolute atomic E-state index is 9.35. The molecule has 0 amide bonds. The fourth-order valence-corrected chi connectivity index (χ4v) is 4.35. The van der Waals surface area contributed by atoms with Gasteiger partial charge in [-0.05, 0) is 49.9 Å². The Morgan fingerprint density at radius 3 is 2.86 bits per heavy atom. The number of rotatable bonds is 4. The highest BCUT2D eigenvalue weighted by molar-refractivity contribution is 5.40. The first kappa shape index (κ1) is 14.2. The number of hydrogen-bond donors (Lipinski definition) is 1. The van der Waals surface area contributed by atoms with Crippen LogP contribution in [0.5, 0.6) is 5.88 Å². The van der Waals surface area contributed by atoms with E-state index in [1.807, 2.05) is 6.20 Å². The monoisotopic (exact) mass is 303 g/mol. The van der Waals surface area contributed by atoms with Crippen LogP contribution >= 0.6 is 0 Å². The Morgan fingerprint density at radius 1 is 1.18 bits per heavy atom. The largest absolute Gasteiger partial charge is 0.473 e. The molecule has 1 N–H and O–H groups in total. The van der Waals surface area contributed by atoms with E-state index in [1.165, 1.54) is 19.3 Å². The molecule has 1 aromatic heterocycles. The Balaban J connectivity index is 1.41. The average molecular weight is 303 g/mol. The van der Waals surface area contributed by atoms with E-state index in [9.17, 15) is 5.11 Å². The molecule has 2 heterocycles. The molecule has 3 aliphatic rings. The number of aliphatic hydroxyl groups is 1. The van der Waals surface area contributed by atoms with Gasteiger partial charge in [-0.1, -0.05) is 6.42 Å². The van der Waals surface area contributed by atoms with Crippen molar-refractivity contribution in [3.05, 3.63) is 12.4 Å². The second-order valence-corrected chi connectivity index (χ2v) is 7.10. The minimum Gasteiger partial charge on any atom is -0.473 e. The second-order valence-electron chi connectivity index (χ2n) is 7.10. The van der Waals surface area contributed by atoms with Crippen LogP contribution in [0.1, 0.15) is 38.5 Å². The van der Waals surface area contributed by atoms with E-state index in [4.69, 9.17) is 4.74 Å². The fraction of sp³-hybridized carbons (Fsp3) is 0.765. The van der Waals surface area contributed by atoms with Crippen LogP contribution in [0.15, 0.2) is 12.4 Å². The number of hydrogen-bond acceptors (Lipinski definition) is 5. The summed E-state index contributed by atoms with van der Waals surface area (Å²) in [6, 6.07) is 0. The maximum atomic E-state index is 9.35. The summed E-state index contributed by atoms with van der Waals surface area (Å²) in [6.45, 7) is 2.37. The molecule has 4 rings (SSSR count). The highest BCUT2D eigenvalue weighted by atomic mass is 16.5. The van der Waals surface area contributed by atoms with Crippen LogP contribution in [0.25, 0.3) is 0 Å². The first-order valence-corrected chi connectivity index (χ1v) is 8.68. The Morgan fingerprint density at radius 2 is 2.05 bits per heavy atom. The molecule has 22 heavy (non-hydrogen) atoms. The van der Waals surface area contributed by atoms with Crippen molar-refractivity contribution >= 4 is 5.82 Å². The van der Waals surface area contributed by atoms with Crippen molar-refractivity contribution in [1.82, 2.24) is 9.97 Å². The van der Waals surface area contributed by atoms with Crippen LogP contribution in [0.2, 0.25) is 0 Å². The Bertz CT molecular complexity index is 518. The quantitative estimate of drug-likeness (QED) is 0.924. The minimum atomic E-state index is 0.312. The molecule has 5 heteroatoms. The molecule has 3 atom stereocenters. The molecule has 120 valence electrons. The van der Waals surface area contributed by atoms with E-state index in [0.717, 1.165) is 44.1 Å². The van der Waals surface area contributed by atoms with Gasteiger partial charge in [0.1, 0.15) is 6.10 Å². The lowest BCUT2D eigenvalue weighted by atomic mass is 9.67. The van der Waals surface area contributed by atoms with Crippen molar-refractivity contribution in [1.29, 1.82) is 0 Å². The van der Waals surface area contributed by atoms with Crippen molar-refractivity contribution < 1.29 is 9.84 Å². The third kappa shape index (κ3) is 2.67. The summed E-state index contributed by atoms with van der Waals surface area (Å²) < 4.78 is 6.03. The summed E-state index contributed by atoms with van der Waals surface area (Å²) >= 11 is 0. The molecule has 2 aliphatic carbocycles. The zero-order valence-electron chi connectivity index (χ0n) is 13.0. The number of anilines is 1. The summed E-state index contributed by atoms with van der Waals surface area (Å²) in [5.74, 6) is 3.45. The first-order chi connectivity index (χ1) is 10.8. The molecule has 0 bridgehead atoms. The summed E-state index contributed by atoms with van der Waals surface area (Å²) in [4.78, 5) is 11.3. The normalized spacial score (nSPS) is 31.7. The topological polar surface area (TPSA) is 58.5 Å². The van der Waals surface area contributed by atoms with E-state index in [2.05, 4.69) is 14.9 Å². The van der Waals surface area contributed by atoms with Crippen LogP contribution in [-0.4, -0.2) is 40.9 Å². The van der Waals surface area contributed by atoms with Crippen molar-refractivity contribution in [3.63, 3.8) is 0 Å². The summed E-state index contributed by atoms with van der Waals surface area (Å²) in [6.07, 6.45) is 11.2. The molecule has 3 fully saturated rings. The lowest BCUT2D eigenvalue weighted by Gasteiger charge is -2.37. The van der Waals surface area contributed by atoms with Gasteiger partial charge in [0.25, 0.3) is 0 Å². The average Bonchev–Trinajstić information content (AvgIpc) is 2.87. The number of aromatic nitrogens is 2. The second kappa shape index (κ2) is 6.03. The van der Waals surface area contributed by atoms with Crippen LogP contribution < -0.4 is 9.64 Å². The van der Waals surface area contributed by atoms with E-state index in [-0.39, 0.29) is 0 Å². The van der Waals surface area contributed by atoms with Crippen molar-refractivity contribution in [3.8, 4) is 5.88 Å². The standard InChI is InChI=1S/C17H25N3O2/c21-11-13-6-12-9-20(10-15(12)13)16-7-18-8-17(19-16)22-14-4-2-1-3-5-14/h7-8,12-15,21H,1-6,9-11H2/t12-,13-,15+/m1/s1. The molecule has 0 aromatic carbocycles. The zero-order chi connectivity index (χ0) is 14.9. The lowest BCUT2D eigenvalue weighted by Crippen LogP contribution is -2.37. The minimum absolute atomic E-state index is 0.312. The number of fused-ring (bicyclic) bond motifs is 1. The molecule has 0 radical (unpaired) electrons. The highest BCUT2D eigenvalue weighted by Crippen LogP contribution is 2.46. The summed E-state index contributed by atoms with van der Waals surface area (Å²) in [7, 11) is 0. The van der Waals surface area contributed by atoms with Gasteiger partial charge in [0.15, 0.2) is 5.82 Å². The smallest absolute Gasteiger partial charge is 0.234 e. The van der Waals surface area contributed by atoms with Crippen LogP contribution in [0.4, 0.5) is 5.82 Å². The highest BCUT2D eigenvalue weighted by Gasteiger charge is 2.46. The van der Waals surface area contributed by atoms with Gasteiger partial charge in [0.05, 0.1) is 12.4 Å². The van der Waals surface area contributed by atoms with Crippen molar-refractivity contribution in [2.75, 3.05) is 24.6 Å². The lowest BCUT2D eigenvalue weighted by molar-refractivity contribution is 0.0579. The molecule has 0 unspecified atom stereocenters. The molecule has 1 aliphatic heterocycles. The van der Waals surface area contributed by atoms with E-state index in [0.29, 0.717) is 30.4 Å². The molecule has 5 nitrogen and oxygen atoms in total. The van der Waals surface area contributed by atoms with Crippen LogP contribution in [0, 0.1) is 17.8 Å². The third-order valence-corrected chi connectivity index (χ3v) is 5.70. The van der Waals surface area contributed by atoms with Gasteiger partial charge in [-0.15, -0.1) is 0 Å². The SMILES string of the molecule is OC[C@H]1C[C@@H]2CN(c3cncc(OC4CCCCC4)n3)C[C@@H]21. The van der Waals surface area contributed by atoms with Gasteiger partial charge in [-0.25, -0.2) is 0 Å². The van der Waals surface area contributed by atoms with Crippen molar-refractivity contribution in [2.24, 2.45) is 17.8 Å². The molecular weight excluding hydrogens is 278 g/mol. The summed E-state index contributed by atoms with van der Waals surface area (Å²) in [5.41, 5.74) is 0. The maximum Gasteiger partial charge on any atom is 0.234 e. The third-order valence-electron chi connectivity index (χ3n) is 5.70. The van der Waals surface area contributed by atoms with Gasteiger partial charge >= 0.3 is 0 Å². The van der Waals surface area contributed by atoms with Crippen LogP contribution in [-0.2, 0) is 0 Å². The Hall–Kier alpha value is -1.36. The Labute approximate surface area is 131 Å². The Kier molecular flexibility index (Phi) is 3.90. The fourth-order valence-electron chi connectivity index (χ4n) is 4.35. The van der Waals surface area contributed by atoms with Gasteiger partial charge in [0, 0.05) is 19.7 Å². The molecule has 1 aromatic rings. The van der Waals surface area contributed by atoms with Crippen molar-refractivity contribution in [2.45, 2.75) is 44.6 Å². The summed E-state index contributed by atoms with van der Waals surface area (Å²) in [5, 5.41) is 9.35. The molecule has 0 spiro atoms. The zero-order valence-corrected chi connectivity index (χ0v) is 13.0. The van der Waals surface area contributed by atoms with Gasteiger partial charge in [0.2, 0.25) is 5.88 Å². The van der Waals surface area contributed by atoms with E-state index in [1.54, 1.807) is 6.20 Å².